The van der Waals surface area contributed by atoms with Gasteiger partial charge in [-0.15, -0.1) is 0 Å². The molecule has 1 unspecified atom stereocenters. The van der Waals surface area contributed by atoms with Crippen LogP contribution in [0.4, 0.5) is 5.69 Å². The second-order valence-corrected chi connectivity index (χ2v) is 10.5. The zero-order valence-corrected chi connectivity index (χ0v) is 23.8. The van der Waals surface area contributed by atoms with Crippen LogP contribution in [-0.2, 0) is 9.53 Å². The van der Waals surface area contributed by atoms with Crippen LogP contribution in [0.1, 0.15) is 68.2 Å². The lowest BCUT2D eigenvalue weighted by molar-refractivity contribution is -0.110. The van der Waals surface area contributed by atoms with E-state index in [0.717, 1.165) is 56.1 Å². The molecule has 2 aromatic carbocycles. The van der Waals surface area contributed by atoms with Crippen molar-refractivity contribution in [2.45, 2.75) is 33.2 Å². The summed E-state index contributed by atoms with van der Waals surface area (Å²) < 4.78 is 5.38. The number of fused-ring (bicyclic) bond motifs is 1. The van der Waals surface area contributed by atoms with Gasteiger partial charge in [0.2, 0.25) is 0 Å². The summed E-state index contributed by atoms with van der Waals surface area (Å²) in [6.45, 7) is 10.3. The number of rotatable bonds is 9. The van der Waals surface area contributed by atoms with E-state index in [1.54, 1.807) is 24.3 Å². The van der Waals surface area contributed by atoms with Crippen LogP contribution in [0.5, 0.6) is 0 Å². The highest BCUT2D eigenvalue weighted by Crippen LogP contribution is 2.35. The van der Waals surface area contributed by atoms with Crippen LogP contribution in [0.15, 0.2) is 48.5 Å². The van der Waals surface area contributed by atoms with Crippen LogP contribution >= 0.6 is 0 Å². The molecular formula is C32H37N5O4. The Hall–Kier alpha value is -4.21. The maximum absolute atomic E-state index is 13.2. The van der Waals surface area contributed by atoms with Gasteiger partial charge in [-0.25, -0.2) is 0 Å². The van der Waals surface area contributed by atoms with E-state index >= 15 is 0 Å². The molecule has 0 radical (unpaired) electrons. The Morgan fingerprint density at radius 2 is 1.83 bits per heavy atom. The molecule has 1 fully saturated rings. The van der Waals surface area contributed by atoms with Gasteiger partial charge in [0, 0.05) is 54.4 Å². The van der Waals surface area contributed by atoms with Crippen molar-refractivity contribution < 1.29 is 19.1 Å². The third-order valence-electron chi connectivity index (χ3n) is 7.79. The summed E-state index contributed by atoms with van der Waals surface area (Å²) in [7, 11) is 0. The Bertz CT molecular complexity index is 1470. The Labute approximate surface area is 240 Å². The number of morpholine rings is 1. The summed E-state index contributed by atoms with van der Waals surface area (Å²) in [5.74, 6) is -0.602. The lowest BCUT2D eigenvalue weighted by Crippen LogP contribution is -2.41. The summed E-state index contributed by atoms with van der Waals surface area (Å²) in [5.41, 5.74) is 6.02. The summed E-state index contributed by atoms with van der Waals surface area (Å²) in [4.78, 5) is 44.8. The van der Waals surface area contributed by atoms with Crippen LogP contribution in [0.3, 0.4) is 0 Å². The van der Waals surface area contributed by atoms with E-state index in [2.05, 4.69) is 25.8 Å². The number of H-pyrrole nitrogens is 1. The van der Waals surface area contributed by atoms with Crippen LogP contribution in [0, 0.1) is 13.8 Å². The fraction of sp³-hybridized carbons (Fsp3) is 0.344. The topological polar surface area (TPSA) is 116 Å². The zero-order valence-electron chi connectivity index (χ0n) is 23.8. The molecule has 1 atom stereocenters. The van der Waals surface area contributed by atoms with Gasteiger partial charge in [-0.05, 0) is 55.7 Å². The first-order valence-corrected chi connectivity index (χ1v) is 14.2. The van der Waals surface area contributed by atoms with Crippen molar-refractivity contribution in [3.63, 3.8) is 0 Å². The number of carbonyl (C=O) groups is 3. The van der Waals surface area contributed by atoms with Crippen molar-refractivity contribution in [2.75, 3.05) is 44.7 Å². The first-order chi connectivity index (χ1) is 19.9. The first kappa shape index (κ1) is 28.3. The maximum Gasteiger partial charge on any atom is 0.256 e. The molecule has 3 amide bonds. The molecule has 2 aliphatic rings. The summed E-state index contributed by atoms with van der Waals surface area (Å²) in [6, 6.07) is 15.0. The summed E-state index contributed by atoms with van der Waals surface area (Å²) in [6.07, 6.45) is 2.51. The molecule has 9 heteroatoms. The van der Waals surface area contributed by atoms with Crippen molar-refractivity contribution >= 4 is 35.1 Å². The molecule has 3 aromatic rings. The normalized spacial score (nSPS) is 16.8. The van der Waals surface area contributed by atoms with E-state index in [4.69, 9.17) is 4.74 Å². The highest BCUT2D eigenvalue weighted by Gasteiger charge is 2.27. The molecule has 1 saturated heterocycles. The molecule has 9 nitrogen and oxygen atoms in total. The number of hydrogen-bond acceptors (Lipinski definition) is 5. The number of aryl methyl sites for hydroxylation is 1. The van der Waals surface area contributed by atoms with E-state index in [1.165, 1.54) is 0 Å². The smallest absolute Gasteiger partial charge is 0.256 e. The van der Waals surface area contributed by atoms with E-state index in [9.17, 15) is 14.4 Å². The van der Waals surface area contributed by atoms with Crippen molar-refractivity contribution in [3.05, 3.63) is 87.7 Å². The van der Waals surface area contributed by atoms with Crippen molar-refractivity contribution in [1.82, 2.24) is 20.5 Å². The second-order valence-electron chi connectivity index (χ2n) is 10.5. The van der Waals surface area contributed by atoms with Gasteiger partial charge in [-0.3, -0.25) is 19.3 Å². The van der Waals surface area contributed by atoms with Crippen LogP contribution < -0.4 is 16.0 Å². The van der Waals surface area contributed by atoms with Crippen LogP contribution in [0.2, 0.25) is 0 Å². The fourth-order valence-corrected chi connectivity index (χ4v) is 5.46. The number of carbonyl (C=O) groups excluding carboxylic acids is 3. The van der Waals surface area contributed by atoms with Gasteiger partial charge in [0.15, 0.2) is 0 Å². The molecule has 41 heavy (non-hydrogen) atoms. The molecule has 1 aromatic heterocycles. The number of aromatic amines is 1. The van der Waals surface area contributed by atoms with Crippen molar-refractivity contribution in [3.8, 4) is 0 Å². The summed E-state index contributed by atoms with van der Waals surface area (Å²) >= 11 is 0. The maximum atomic E-state index is 13.2. The quantitative estimate of drug-likeness (QED) is 0.297. The van der Waals surface area contributed by atoms with E-state index in [0.29, 0.717) is 40.2 Å². The van der Waals surface area contributed by atoms with Gasteiger partial charge in [0.25, 0.3) is 17.7 Å². The number of amides is 3. The Morgan fingerprint density at radius 1 is 1.07 bits per heavy atom. The van der Waals surface area contributed by atoms with Gasteiger partial charge in [-0.1, -0.05) is 37.3 Å². The number of ether oxygens (including phenoxy) is 1. The molecular weight excluding hydrogens is 518 g/mol. The first-order valence-electron chi connectivity index (χ1n) is 14.2. The highest BCUT2D eigenvalue weighted by atomic mass is 16.5. The number of nitrogens with one attached hydrogen (secondary N) is 4. The monoisotopic (exact) mass is 555 g/mol. The number of anilines is 1. The largest absolute Gasteiger partial charge is 0.379 e. The third-order valence-corrected chi connectivity index (χ3v) is 7.79. The Morgan fingerprint density at radius 3 is 2.56 bits per heavy atom. The van der Waals surface area contributed by atoms with Gasteiger partial charge in [0.05, 0.1) is 30.4 Å². The Kier molecular flexibility index (Phi) is 8.66. The zero-order chi connectivity index (χ0) is 28.9. The molecule has 0 saturated carbocycles. The standard InChI is InChI=1S/C32H37N5O4/c1-4-26(22-8-6-5-7-9-22)35-30(38)23-10-11-27-24(18-23)25(31(39)36-27)19-28-20(2)29(21(3)34-28)32(40)33-12-13-37-14-16-41-17-15-37/h5-11,18-19,26,34H,4,12-17H2,1-3H3,(H,33,40)(H,35,38)(H,36,39). The van der Waals surface area contributed by atoms with E-state index < -0.39 is 0 Å². The van der Waals surface area contributed by atoms with Crippen LogP contribution in [0.25, 0.3) is 11.6 Å². The van der Waals surface area contributed by atoms with Crippen molar-refractivity contribution in [1.29, 1.82) is 0 Å². The minimum Gasteiger partial charge on any atom is -0.379 e. The SMILES string of the molecule is CCC(NC(=O)c1ccc2c(c1)C(=Cc1[nH]c(C)c(C(=O)NCCN3CCOCC3)c1C)C(=O)N2)c1ccccc1. The predicted molar refractivity (Wildman–Crippen MR) is 160 cm³/mol. The average molecular weight is 556 g/mol. The lowest BCUT2D eigenvalue weighted by Gasteiger charge is -2.26. The average Bonchev–Trinajstić information content (AvgIpc) is 3.45. The highest BCUT2D eigenvalue weighted by molar-refractivity contribution is 6.35. The predicted octanol–water partition coefficient (Wildman–Crippen LogP) is 4.07. The molecule has 3 heterocycles. The van der Waals surface area contributed by atoms with Gasteiger partial charge < -0.3 is 25.7 Å². The fourth-order valence-electron chi connectivity index (χ4n) is 5.46. The number of benzene rings is 2. The van der Waals surface area contributed by atoms with Gasteiger partial charge in [0.1, 0.15) is 0 Å². The van der Waals surface area contributed by atoms with Crippen LogP contribution in [-0.4, -0.2) is 67.0 Å². The molecule has 0 spiro atoms. The Balaban J connectivity index is 1.33. The minimum absolute atomic E-state index is 0.116. The molecule has 2 aliphatic heterocycles. The molecule has 4 N–H and O–H groups in total. The molecule has 214 valence electrons. The second kappa shape index (κ2) is 12.5. The van der Waals surface area contributed by atoms with E-state index in [-0.39, 0.29) is 23.8 Å². The molecule has 0 aliphatic carbocycles. The third kappa shape index (κ3) is 6.26. The summed E-state index contributed by atoms with van der Waals surface area (Å²) in [5, 5.41) is 9.03. The number of hydrogen-bond donors (Lipinski definition) is 4. The van der Waals surface area contributed by atoms with Crippen molar-refractivity contribution in [2.24, 2.45) is 0 Å². The van der Waals surface area contributed by atoms with E-state index in [1.807, 2.05) is 51.1 Å². The van der Waals surface area contributed by atoms with Gasteiger partial charge >= 0.3 is 0 Å². The number of aromatic nitrogens is 1. The lowest BCUT2D eigenvalue weighted by atomic mass is 10.0. The molecule has 0 bridgehead atoms. The molecule has 5 rings (SSSR count). The number of nitrogens with zero attached hydrogens (tertiary/aromatic N) is 1. The minimum atomic E-state index is -0.253. The van der Waals surface area contributed by atoms with Gasteiger partial charge in [-0.2, -0.15) is 0 Å².